The van der Waals surface area contributed by atoms with Crippen molar-refractivity contribution in [2.24, 2.45) is 0 Å². The summed E-state index contributed by atoms with van der Waals surface area (Å²) in [7, 11) is 2.17. The van der Waals surface area contributed by atoms with Crippen LogP contribution in [0, 0.1) is 6.92 Å². The van der Waals surface area contributed by atoms with E-state index < -0.39 is 5.97 Å². The number of piperazine rings is 1. The van der Waals surface area contributed by atoms with Crippen molar-refractivity contribution in [1.82, 2.24) is 14.9 Å². The maximum atomic E-state index is 11.2. The fourth-order valence-electron chi connectivity index (χ4n) is 4.43. The van der Waals surface area contributed by atoms with Gasteiger partial charge >= 0.3 is 5.97 Å². The number of H-pyrrole nitrogens is 1. The molecule has 2 aromatic heterocycles. The average molecular weight is 427 g/mol. The van der Waals surface area contributed by atoms with Crippen molar-refractivity contribution in [3.8, 4) is 22.3 Å². The van der Waals surface area contributed by atoms with E-state index in [1.807, 2.05) is 24.5 Å². The van der Waals surface area contributed by atoms with Crippen molar-refractivity contribution in [3.63, 3.8) is 0 Å². The molecule has 1 aliphatic rings. The predicted octanol–water partition coefficient (Wildman–Crippen LogP) is 4.66. The number of carboxylic acid groups (broad SMARTS) is 1. The molecule has 1 saturated heterocycles. The van der Waals surface area contributed by atoms with Gasteiger partial charge in [0.05, 0.1) is 5.56 Å². The molecule has 0 amide bonds. The summed E-state index contributed by atoms with van der Waals surface area (Å²) in [4.78, 5) is 23.9. The first-order valence-corrected chi connectivity index (χ1v) is 10.8. The lowest BCUT2D eigenvalue weighted by Gasteiger charge is -2.35. The normalized spacial score (nSPS) is 14.8. The van der Waals surface area contributed by atoms with Crippen molar-refractivity contribution in [2.45, 2.75) is 6.92 Å². The van der Waals surface area contributed by atoms with Gasteiger partial charge < -0.3 is 19.9 Å². The summed E-state index contributed by atoms with van der Waals surface area (Å²) in [6.07, 6.45) is 3.83. The molecule has 6 nitrogen and oxygen atoms in total. The molecule has 2 N–H and O–H groups in total. The molecule has 5 rings (SSSR count). The first-order chi connectivity index (χ1) is 15.5. The Bertz CT molecular complexity index is 1290. The molecule has 3 heterocycles. The lowest BCUT2D eigenvalue weighted by molar-refractivity contribution is 0.0697. The van der Waals surface area contributed by atoms with Crippen LogP contribution in [0.15, 0.2) is 60.9 Å². The van der Waals surface area contributed by atoms with Crippen LogP contribution in [-0.2, 0) is 0 Å². The number of fused-ring (bicyclic) bond motifs is 1. The maximum Gasteiger partial charge on any atom is 0.335 e. The van der Waals surface area contributed by atoms with E-state index in [9.17, 15) is 4.79 Å². The van der Waals surface area contributed by atoms with Crippen molar-refractivity contribution in [1.29, 1.82) is 0 Å². The highest BCUT2D eigenvalue weighted by atomic mass is 16.4. The number of aromatic amines is 1. The molecule has 1 aliphatic heterocycles. The Morgan fingerprint density at radius 3 is 2.38 bits per heavy atom. The largest absolute Gasteiger partial charge is 0.478 e. The monoisotopic (exact) mass is 426 g/mol. The van der Waals surface area contributed by atoms with Gasteiger partial charge in [-0.25, -0.2) is 9.78 Å². The Kier molecular flexibility index (Phi) is 5.15. The highest BCUT2D eigenvalue weighted by Crippen LogP contribution is 2.33. The van der Waals surface area contributed by atoms with Gasteiger partial charge in [-0.15, -0.1) is 0 Å². The van der Waals surface area contributed by atoms with Gasteiger partial charge in [-0.2, -0.15) is 0 Å². The summed E-state index contributed by atoms with van der Waals surface area (Å²) in [5.41, 5.74) is 7.85. The summed E-state index contributed by atoms with van der Waals surface area (Å²) in [6, 6.07) is 15.7. The Morgan fingerprint density at radius 2 is 1.69 bits per heavy atom. The van der Waals surface area contributed by atoms with Crippen molar-refractivity contribution < 1.29 is 9.90 Å². The molecule has 0 spiro atoms. The zero-order chi connectivity index (χ0) is 22.2. The summed E-state index contributed by atoms with van der Waals surface area (Å²) >= 11 is 0. The molecule has 6 heteroatoms. The van der Waals surface area contributed by atoms with Crippen LogP contribution >= 0.6 is 0 Å². The van der Waals surface area contributed by atoms with Crippen LogP contribution in [0.2, 0.25) is 0 Å². The topological polar surface area (TPSA) is 72.5 Å². The smallest absolute Gasteiger partial charge is 0.335 e. The Morgan fingerprint density at radius 1 is 0.969 bits per heavy atom. The highest BCUT2D eigenvalue weighted by Gasteiger charge is 2.17. The maximum absolute atomic E-state index is 11.2. The molecule has 0 radical (unpaired) electrons. The molecule has 0 bridgehead atoms. The minimum atomic E-state index is -0.921. The number of hydrogen-bond donors (Lipinski definition) is 2. The fraction of sp³-hybridized carbons (Fsp3) is 0.231. The summed E-state index contributed by atoms with van der Waals surface area (Å²) in [6.45, 7) is 6.46. The second kappa shape index (κ2) is 8.13. The molecule has 0 unspecified atom stereocenters. The number of rotatable bonds is 4. The van der Waals surface area contributed by atoms with Crippen LogP contribution in [0.1, 0.15) is 15.9 Å². The number of carboxylic acids is 1. The van der Waals surface area contributed by atoms with E-state index in [2.05, 4.69) is 58.0 Å². The van der Waals surface area contributed by atoms with E-state index in [4.69, 9.17) is 5.11 Å². The Hall–Kier alpha value is -3.64. The van der Waals surface area contributed by atoms with E-state index in [-0.39, 0.29) is 5.56 Å². The molecule has 2 aromatic carbocycles. The standard InChI is InChI=1S/C26H26N4O2/c1-17-13-20(7-8-24(17)30-11-9-29(2)10-12-30)21-14-22-23(16-28-25(22)27-15-21)18-3-5-19(6-4-18)26(31)32/h3-8,13-16H,9-12H2,1-2H3,(H,27,28)(H,31,32). The number of aryl methyl sites for hydroxylation is 1. The Labute approximate surface area is 187 Å². The van der Waals surface area contributed by atoms with Gasteiger partial charge in [-0.1, -0.05) is 18.2 Å². The molecular weight excluding hydrogens is 400 g/mol. The van der Waals surface area contributed by atoms with Crippen LogP contribution in [-0.4, -0.2) is 59.2 Å². The summed E-state index contributed by atoms with van der Waals surface area (Å²) < 4.78 is 0. The molecular formula is C26H26N4O2. The molecule has 0 aliphatic carbocycles. The minimum Gasteiger partial charge on any atom is -0.478 e. The molecule has 4 aromatic rings. The third kappa shape index (κ3) is 3.74. The molecule has 0 atom stereocenters. The number of nitrogens with zero attached hydrogens (tertiary/aromatic N) is 3. The van der Waals surface area contributed by atoms with Gasteiger partial charge in [0.1, 0.15) is 5.65 Å². The quantitative estimate of drug-likeness (QED) is 0.497. The number of aromatic carboxylic acids is 1. The van der Waals surface area contributed by atoms with Gasteiger partial charge in [0, 0.05) is 60.8 Å². The zero-order valence-electron chi connectivity index (χ0n) is 18.3. The van der Waals surface area contributed by atoms with Crippen LogP contribution < -0.4 is 4.90 Å². The minimum absolute atomic E-state index is 0.281. The first-order valence-electron chi connectivity index (χ1n) is 10.8. The predicted molar refractivity (Wildman–Crippen MR) is 128 cm³/mol. The second-order valence-corrected chi connectivity index (χ2v) is 8.50. The molecule has 0 saturated carbocycles. The van der Waals surface area contributed by atoms with Gasteiger partial charge in [0.15, 0.2) is 0 Å². The lowest BCUT2D eigenvalue weighted by Crippen LogP contribution is -2.44. The summed E-state index contributed by atoms with van der Waals surface area (Å²) in [5, 5.41) is 10.2. The lowest BCUT2D eigenvalue weighted by atomic mass is 9.99. The number of hydrogen-bond acceptors (Lipinski definition) is 4. The number of aromatic nitrogens is 2. The third-order valence-electron chi connectivity index (χ3n) is 6.35. The number of likely N-dealkylation sites (N-methyl/N-ethyl adjacent to an activating group) is 1. The van der Waals surface area contributed by atoms with Crippen molar-refractivity contribution in [2.75, 3.05) is 38.1 Å². The van der Waals surface area contributed by atoms with E-state index in [1.54, 1.807) is 12.1 Å². The highest BCUT2D eigenvalue weighted by molar-refractivity contribution is 5.96. The first kappa shape index (κ1) is 20.3. The molecule has 162 valence electrons. The molecule has 32 heavy (non-hydrogen) atoms. The van der Waals surface area contributed by atoms with Gasteiger partial charge in [-0.05, 0) is 61.0 Å². The van der Waals surface area contributed by atoms with Gasteiger partial charge in [0.25, 0.3) is 0 Å². The van der Waals surface area contributed by atoms with E-state index in [0.717, 1.165) is 59.5 Å². The van der Waals surface area contributed by atoms with Crippen molar-refractivity contribution >= 4 is 22.7 Å². The fourth-order valence-corrected chi connectivity index (χ4v) is 4.43. The number of benzene rings is 2. The average Bonchev–Trinajstić information content (AvgIpc) is 3.23. The van der Waals surface area contributed by atoms with Crippen LogP contribution in [0.3, 0.4) is 0 Å². The van der Waals surface area contributed by atoms with Crippen LogP contribution in [0.4, 0.5) is 5.69 Å². The van der Waals surface area contributed by atoms with Crippen LogP contribution in [0.25, 0.3) is 33.3 Å². The summed E-state index contributed by atoms with van der Waals surface area (Å²) in [5.74, 6) is -0.921. The van der Waals surface area contributed by atoms with E-state index >= 15 is 0 Å². The third-order valence-corrected chi connectivity index (χ3v) is 6.35. The number of anilines is 1. The Balaban J connectivity index is 1.48. The number of pyridine rings is 1. The SMILES string of the molecule is Cc1cc(-c2cnc3[nH]cc(-c4ccc(C(=O)O)cc4)c3c2)ccc1N1CCN(C)CC1. The molecule has 1 fully saturated rings. The van der Waals surface area contributed by atoms with Gasteiger partial charge in [0.2, 0.25) is 0 Å². The van der Waals surface area contributed by atoms with E-state index in [1.165, 1.54) is 11.3 Å². The zero-order valence-corrected chi connectivity index (χ0v) is 18.3. The van der Waals surface area contributed by atoms with E-state index in [0.29, 0.717) is 0 Å². The van der Waals surface area contributed by atoms with Gasteiger partial charge in [-0.3, -0.25) is 0 Å². The van der Waals surface area contributed by atoms with Crippen LogP contribution in [0.5, 0.6) is 0 Å². The van der Waals surface area contributed by atoms with Crippen molar-refractivity contribution in [3.05, 3.63) is 72.1 Å². The number of carbonyl (C=O) groups is 1. The second-order valence-electron chi connectivity index (χ2n) is 8.50. The number of nitrogens with one attached hydrogen (secondary N) is 1.